The number of aromatic nitrogens is 3. The molecule has 2 aliphatic heterocycles. The molecular formula is C22H24F3N5O3S. The van der Waals surface area contributed by atoms with Gasteiger partial charge in [0.05, 0.1) is 36.8 Å². The molecule has 0 unspecified atom stereocenters. The van der Waals surface area contributed by atoms with Crippen molar-refractivity contribution in [2.24, 2.45) is 0 Å². The van der Waals surface area contributed by atoms with E-state index in [1.54, 1.807) is 25.3 Å². The SMILES string of the molecule is COc1c(C(/C=C(\C)F)=C2\C=CN(S(C)(=O)=O)C2)c(F)c(F)c2c1-n1c(C)nnc1C(C)(C)N2. The highest BCUT2D eigenvalue weighted by Gasteiger charge is 2.40. The molecule has 8 nitrogen and oxygen atoms in total. The zero-order valence-corrected chi connectivity index (χ0v) is 20.3. The zero-order chi connectivity index (χ0) is 25.2. The van der Waals surface area contributed by atoms with Crippen molar-refractivity contribution in [3.8, 4) is 11.4 Å². The number of sulfonamides is 1. The number of anilines is 1. The van der Waals surface area contributed by atoms with Gasteiger partial charge in [-0.25, -0.2) is 21.6 Å². The molecule has 0 aliphatic carbocycles. The summed E-state index contributed by atoms with van der Waals surface area (Å²) in [5.74, 6) is -2.36. The van der Waals surface area contributed by atoms with Crippen molar-refractivity contribution in [1.82, 2.24) is 19.1 Å². The Morgan fingerprint density at radius 2 is 1.94 bits per heavy atom. The molecule has 4 rings (SSSR count). The lowest BCUT2D eigenvalue weighted by atomic mass is 9.93. The minimum Gasteiger partial charge on any atom is -0.494 e. The van der Waals surface area contributed by atoms with Crippen LogP contribution in [0.25, 0.3) is 11.3 Å². The second-order valence-electron chi connectivity index (χ2n) is 8.71. The average Bonchev–Trinajstić information content (AvgIpc) is 3.37. The Labute approximate surface area is 195 Å². The van der Waals surface area contributed by atoms with E-state index in [1.165, 1.54) is 19.4 Å². The highest BCUT2D eigenvalue weighted by molar-refractivity contribution is 7.88. The summed E-state index contributed by atoms with van der Waals surface area (Å²) in [7, 11) is -2.32. The van der Waals surface area contributed by atoms with Crippen molar-refractivity contribution < 1.29 is 26.3 Å². The van der Waals surface area contributed by atoms with E-state index in [2.05, 4.69) is 15.5 Å². The lowest BCUT2D eigenvalue weighted by Gasteiger charge is -2.35. The number of nitrogens with zero attached hydrogens (tertiary/aromatic N) is 4. The highest BCUT2D eigenvalue weighted by atomic mass is 32.2. The quantitative estimate of drug-likeness (QED) is 0.691. The maximum absolute atomic E-state index is 15.7. The van der Waals surface area contributed by atoms with Crippen molar-refractivity contribution >= 4 is 21.3 Å². The number of ether oxygens (including phenoxy) is 1. The number of rotatable bonds is 4. The molecule has 0 saturated carbocycles. The molecule has 0 radical (unpaired) electrons. The van der Waals surface area contributed by atoms with E-state index in [0.717, 1.165) is 23.6 Å². The number of methoxy groups -OCH3 is 1. The van der Waals surface area contributed by atoms with Gasteiger partial charge in [0.2, 0.25) is 10.0 Å². The van der Waals surface area contributed by atoms with Crippen molar-refractivity contribution in [1.29, 1.82) is 0 Å². The van der Waals surface area contributed by atoms with Crippen LogP contribution < -0.4 is 10.1 Å². The third-order valence-electron chi connectivity index (χ3n) is 5.71. The summed E-state index contributed by atoms with van der Waals surface area (Å²) in [4.78, 5) is 0. The minimum atomic E-state index is -3.61. The molecule has 3 heterocycles. The van der Waals surface area contributed by atoms with Crippen LogP contribution in [0.15, 0.2) is 29.8 Å². The highest BCUT2D eigenvalue weighted by Crippen LogP contribution is 2.48. The van der Waals surface area contributed by atoms with Crippen LogP contribution in [0.2, 0.25) is 0 Å². The molecule has 0 bridgehead atoms. The van der Waals surface area contributed by atoms with Gasteiger partial charge in [0.1, 0.15) is 17.2 Å². The topological polar surface area (TPSA) is 89.4 Å². The van der Waals surface area contributed by atoms with E-state index in [-0.39, 0.29) is 40.4 Å². The Morgan fingerprint density at radius 3 is 2.50 bits per heavy atom. The maximum atomic E-state index is 15.7. The molecule has 12 heteroatoms. The van der Waals surface area contributed by atoms with Crippen molar-refractivity contribution in [2.45, 2.75) is 33.2 Å². The van der Waals surface area contributed by atoms with Crippen LogP contribution in [0, 0.1) is 18.6 Å². The van der Waals surface area contributed by atoms with Gasteiger partial charge in [0.15, 0.2) is 23.2 Å². The number of hydrogen-bond acceptors (Lipinski definition) is 6. The number of benzene rings is 1. The molecule has 1 N–H and O–H groups in total. The number of allylic oxidation sites excluding steroid dienone is 3. The maximum Gasteiger partial charge on any atom is 0.232 e. The summed E-state index contributed by atoms with van der Waals surface area (Å²) in [6.45, 7) is 6.13. The van der Waals surface area contributed by atoms with Gasteiger partial charge < -0.3 is 10.1 Å². The Hall–Kier alpha value is -3.28. The van der Waals surface area contributed by atoms with Gasteiger partial charge in [0.25, 0.3) is 0 Å². The summed E-state index contributed by atoms with van der Waals surface area (Å²) in [6, 6.07) is 0. The molecule has 0 saturated heterocycles. The largest absolute Gasteiger partial charge is 0.494 e. The van der Waals surface area contributed by atoms with Gasteiger partial charge in [-0.05, 0) is 51.0 Å². The fourth-order valence-corrected chi connectivity index (χ4v) is 4.85. The molecule has 182 valence electrons. The van der Waals surface area contributed by atoms with Gasteiger partial charge in [-0.15, -0.1) is 10.2 Å². The van der Waals surface area contributed by atoms with Crippen LogP contribution >= 0.6 is 0 Å². The number of aryl methyl sites for hydroxylation is 1. The number of hydrogen-bond donors (Lipinski definition) is 1. The summed E-state index contributed by atoms with van der Waals surface area (Å²) < 4.78 is 77.6. The van der Waals surface area contributed by atoms with Crippen LogP contribution in [0.3, 0.4) is 0 Å². The molecule has 0 atom stereocenters. The Morgan fingerprint density at radius 1 is 1.26 bits per heavy atom. The molecular weight excluding hydrogens is 471 g/mol. The molecule has 34 heavy (non-hydrogen) atoms. The van der Waals surface area contributed by atoms with Crippen LogP contribution in [0.5, 0.6) is 5.75 Å². The normalized spacial score (nSPS) is 18.5. The summed E-state index contributed by atoms with van der Waals surface area (Å²) in [5, 5.41) is 11.2. The van der Waals surface area contributed by atoms with Crippen LogP contribution in [-0.4, -0.2) is 47.4 Å². The van der Waals surface area contributed by atoms with E-state index in [0.29, 0.717) is 11.6 Å². The zero-order valence-electron chi connectivity index (χ0n) is 19.5. The molecule has 1 aromatic carbocycles. The number of halogens is 3. The first-order valence-corrected chi connectivity index (χ1v) is 12.1. The third kappa shape index (κ3) is 3.65. The van der Waals surface area contributed by atoms with Crippen LogP contribution in [-0.2, 0) is 15.6 Å². The Kier molecular flexibility index (Phi) is 5.54. The number of nitrogens with one attached hydrogen (secondary N) is 1. The van der Waals surface area contributed by atoms with E-state index >= 15 is 8.78 Å². The summed E-state index contributed by atoms with van der Waals surface area (Å²) >= 11 is 0. The molecule has 0 spiro atoms. The Bertz CT molecular complexity index is 1400. The van der Waals surface area contributed by atoms with Crippen molar-refractivity contribution in [3.63, 3.8) is 0 Å². The van der Waals surface area contributed by atoms with Crippen LogP contribution in [0.1, 0.15) is 38.0 Å². The standard InChI is InChI=1S/C22H24F3N5O3S/c1-11(23)9-14(13-7-8-29(10-13)34(6,31)32)15-16(24)17(25)18-19(20(15)33-5)30-12(2)27-28-21(30)22(3,4)26-18/h7-9,26H,10H2,1-6H3/b11-9+,14-13+. The van der Waals surface area contributed by atoms with Crippen molar-refractivity contribution in [3.05, 3.63) is 58.6 Å². The van der Waals surface area contributed by atoms with Crippen molar-refractivity contribution in [2.75, 3.05) is 25.2 Å². The average molecular weight is 496 g/mol. The smallest absolute Gasteiger partial charge is 0.232 e. The van der Waals surface area contributed by atoms with Gasteiger partial charge in [-0.3, -0.25) is 8.87 Å². The summed E-state index contributed by atoms with van der Waals surface area (Å²) in [6.07, 6.45) is 4.75. The lowest BCUT2D eigenvalue weighted by molar-refractivity contribution is 0.397. The second kappa shape index (κ2) is 7.90. The van der Waals surface area contributed by atoms with E-state index < -0.39 is 33.0 Å². The molecule has 2 aromatic rings. The van der Waals surface area contributed by atoms with Gasteiger partial charge in [0, 0.05) is 6.20 Å². The third-order valence-corrected chi connectivity index (χ3v) is 6.82. The monoisotopic (exact) mass is 495 g/mol. The minimum absolute atomic E-state index is 0.0458. The fraction of sp³-hybridized carbons (Fsp3) is 0.364. The first kappa shape index (κ1) is 23.9. The van der Waals surface area contributed by atoms with Gasteiger partial charge in [-0.2, -0.15) is 0 Å². The van der Waals surface area contributed by atoms with E-state index in [1.807, 2.05) is 0 Å². The molecule has 0 fully saturated rings. The first-order valence-electron chi connectivity index (χ1n) is 10.3. The first-order chi connectivity index (χ1) is 15.8. The van der Waals surface area contributed by atoms with E-state index in [4.69, 9.17) is 4.74 Å². The predicted molar refractivity (Wildman–Crippen MR) is 122 cm³/mol. The fourth-order valence-electron chi connectivity index (χ4n) is 4.20. The van der Waals surface area contributed by atoms with Crippen LogP contribution in [0.4, 0.5) is 18.9 Å². The molecule has 1 aromatic heterocycles. The molecule has 0 amide bonds. The van der Waals surface area contributed by atoms with Gasteiger partial charge in [-0.1, -0.05) is 0 Å². The number of fused-ring (bicyclic) bond motifs is 3. The lowest BCUT2D eigenvalue weighted by Crippen LogP contribution is -2.37. The molecule has 2 aliphatic rings. The second-order valence-corrected chi connectivity index (χ2v) is 10.6. The Balaban J connectivity index is 2.09. The van der Waals surface area contributed by atoms with Gasteiger partial charge >= 0.3 is 0 Å². The summed E-state index contributed by atoms with van der Waals surface area (Å²) in [5.41, 5.74) is -1.01. The van der Waals surface area contributed by atoms with E-state index in [9.17, 15) is 12.8 Å². The predicted octanol–water partition coefficient (Wildman–Crippen LogP) is 3.94.